The number of carbonyl (C=O) groups excluding carboxylic acids is 2. The molecule has 0 bridgehead atoms. The van der Waals surface area contributed by atoms with Gasteiger partial charge in [0.25, 0.3) is 0 Å². The van der Waals surface area contributed by atoms with Crippen molar-refractivity contribution in [1.29, 1.82) is 0 Å². The molecule has 49 heavy (non-hydrogen) atoms. The number of aryl methyl sites for hydroxylation is 1. The Morgan fingerprint density at radius 3 is 2.51 bits per heavy atom. The minimum atomic E-state index is -0.880. The maximum absolute atomic E-state index is 11.8. The molecular weight excluding hydrogens is 659 g/mol. The van der Waals surface area contributed by atoms with Crippen LogP contribution in [-0.2, 0) is 28.0 Å². The average Bonchev–Trinajstić information content (AvgIpc) is 3.74. The molecule has 0 spiro atoms. The van der Waals surface area contributed by atoms with Crippen LogP contribution < -0.4 is 26.0 Å². The van der Waals surface area contributed by atoms with Gasteiger partial charge in [0.2, 0.25) is 17.7 Å². The van der Waals surface area contributed by atoms with Crippen molar-refractivity contribution in [3.8, 4) is 5.88 Å². The Hall–Kier alpha value is -3.76. The fourth-order valence-corrected chi connectivity index (χ4v) is 8.42. The largest absolute Gasteiger partial charge is 0.481 e. The highest BCUT2D eigenvalue weighted by Gasteiger charge is 2.45. The van der Waals surface area contributed by atoms with Gasteiger partial charge in [-0.05, 0) is 66.5 Å². The quantitative estimate of drug-likeness (QED) is 0.201. The lowest BCUT2D eigenvalue weighted by Gasteiger charge is -2.39. The van der Waals surface area contributed by atoms with Crippen molar-refractivity contribution in [3.05, 3.63) is 106 Å². The van der Waals surface area contributed by atoms with Gasteiger partial charge in [-0.15, -0.1) is 11.6 Å². The lowest BCUT2D eigenvalue weighted by atomic mass is 9.68. The number of nitrogens with one attached hydrogen (secondary N) is 4. The van der Waals surface area contributed by atoms with Crippen LogP contribution >= 0.6 is 23.2 Å². The molecule has 0 radical (unpaired) electrons. The fraction of sp³-hybridized carbons (Fsp3) is 0.421. The van der Waals surface area contributed by atoms with Gasteiger partial charge in [0.1, 0.15) is 0 Å². The number of aromatic nitrogens is 2. The molecule has 2 saturated heterocycles. The number of allylic oxidation sites excluding steroid dienone is 4. The Kier molecular flexibility index (Phi) is 10.1. The van der Waals surface area contributed by atoms with Crippen molar-refractivity contribution in [2.24, 2.45) is 0 Å². The number of benzene rings is 1. The van der Waals surface area contributed by atoms with Crippen LogP contribution in [0.15, 0.2) is 66.9 Å². The molecule has 2 unspecified atom stereocenters. The lowest BCUT2D eigenvalue weighted by molar-refractivity contribution is -0.120. The minimum absolute atomic E-state index is 0.101. The van der Waals surface area contributed by atoms with E-state index in [2.05, 4.69) is 33.4 Å². The Labute approximate surface area is 297 Å². The number of rotatable bonds is 11. The Bertz CT molecular complexity index is 1800. The van der Waals surface area contributed by atoms with Crippen molar-refractivity contribution in [1.82, 2.24) is 31.2 Å². The number of pyridine rings is 2. The molecule has 0 saturated carbocycles. The zero-order chi connectivity index (χ0) is 34.0. The number of halogens is 2. The van der Waals surface area contributed by atoms with Gasteiger partial charge in [-0.25, -0.2) is 4.98 Å². The smallest absolute Gasteiger partial charge is 0.220 e. The number of methoxy groups -OCH3 is 1. The number of carbonyl (C=O) groups is 2. The van der Waals surface area contributed by atoms with Crippen LogP contribution in [0.4, 0.5) is 0 Å². The van der Waals surface area contributed by atoms with Gasteiger partial charge in [0.05, 0.1) is 29.3 Å². The van der Waals surface area contributed by atoms with Crippen LogP contribution in [0.25, 0.3) is 5.57 Å². The maximum atomic E-state index is 11.8. The second kappa shape index (κ2) is 14.6. The van der Waals surface area contributed by atoms with E-state index in [1.807, 2.05) is 54.7 Å². The Morgan fingerprint density at radius 2 is 1.78 bits per heavy atom. The normalized spacial score (nSPS) is 26.2. The molecule has 256 valence electrons. The molecule has 2 aromatic heterocycles. The van der Waals surface area contributed by atoms with Crippen molar-refractivity contribution in [2.45, 2.75) is 80.4 Å². The summed E-state index contributed by atoms with van der Waals surface area (Å²) in [5, 5.41) is 13.3. The summed E-state index contributed by atoms with van der Waals surface area (Å²) < 4.78 is 5.87. The number of ether oxygens (including phenoxy) is 1. The molecule has 11 heteroatoms. The third-order valence-electron chi connectivity index (χ3n) is 10.3. The highest BCUT2D eigenvalue weighted by atomic mass is 35.5. The van der Waals surface area contributed by atoms with Crippen LogP contribution in [0.5, 0.6) is 5.88 Å². The van der Waals surface area contributed by atoms with Gasteiger partial charge in [0.15, 0.2) is 0 Å². The number of hydrogen-bond acceptors (Lipinski definition) is 7. The van der Waals surface area contributed by atoms with E-state index < -0.39 is 10.8 Å². The molecule has 4 N–H and O–H groups in total. The average molecular weight is 702 g/mol. The van der Waals surface area contributed by atoms with Crippen LogP contribution in [-0.4, -0.2) is 59.4 Å². The molecule has 4 heterocycles. The van der Waals surface area contributed by atoms with Crippen LogP contribution in [0, 0.1) is 0 Å². The molecule has 4 aliphatic rings. The zero-order valence-electron chi connectivity index (χ0n) is 27.6. The predicted molar refractivity (Wildman–Crippen MR) is 192 cm³/mol. The van der Waals surface area contributed by atoms with Gasteiger partial charge < -0.3 is 26.0 Å². The summed E-state index contributed by atoms with van der Waals surface area (Å²) in [6, 6.07) is 14.5. The number of nitrogens with zero attached hydrogens (tertiary/aromatic N) is 2. The van der Waals surface area contributed by atoms with E-state index in [0.29, 0.717) is 36.8 Å². The van der Waals surface area contributed by atoms with Gasteiger partial charge in [-0.2, -0.15) is 0 Å². The third-order valence-corrected chi connectivity index (χ3v) is 11.2. The fourth-order valence-electron chi connectivity index (χ4n) is 7.68. The summed E-state index contributed by atoms with van der Waals surface area (Å²) in [5.41, 5.74) is 5.73. The number of amides is 2. The third kappa shape index (κ3) is 6.86. The first kappa shape index (κ1) is 33.7. The Morgan fingerprint density at radius 1 is 1.00 bits per heavy atom. The van der Waals surface area contributed by atoms with Gasteiger partial charge >= 0.3 is 0 Å². The lowest BCUT2D eigenvalue weighted by Crippen LogP contribution is -2.40. The van der Waals surface area contributed by atoms with Crippen LogP contribution in [0.2, 0.25) is 5.02 Å². The monoisotopic (exact) mass is 700 g/mol. The molecule has 2 aliphatic carbocycles. The summed E-state index contributed by atoms with van der Waals surface area (Å²) in [5.74, 6) is 0.739. The first-order valence-corrected chi connectivity index (χ1v) is 18.0. The van der Waals surface area contributed by atoms with Crippen molar-refractivity contribution < 1.29 is 14.3 Å². The second-order valence-corrected chi connectivity index (χ2v) is 14.3. The standard InChI is InChI=1S/C38H42Cl2N6O3/c1-49-37-24(19-41-21-26-12-15-33(47)44-26)11-14-32(46-37)38(17-5-8-29(36(38)40)28-7-2-3-9-30(28)39)25-18-23-6-4-10-31(35(23)43-20-25)42-22-27-13-16-34(48)45-27/h2-3,5,7-9,11,14,17-18,20,26-27,31,36,41-42H,4,6,10,12-13,15-16,19,21-22H2,1H3,(H,44,47)(H,45,48)/t26-,27+,31-,36?,38?/m0/s1. The topological polar surface area (TPSA) is 117 Å². The molecule has 5 atom stereocenters. The first-order valence-electron chi connectivity index (χ1n) is 17.2. The van der Waals surface area contributed by atoms with Crippen molar-refractivity contribution in [2.75, 3.05) is 20.2 Å². The van der Waals surface area contributed by atoms with Crippen LogP contribution in [0.3, 0.4) is 0 Å². The van der Waals surface area contributed by atoms with Gasteiger partial charge in [-0.1, -0.05) is 60.2 Å². The highest BCUT2D eigenvalue weighted by molar-refractivity contribution is 6.34. The second-order valence-electron chi connectivity index (χ2n) is 13.4. The molecule has 2 fully saturated rings. The van der Waals surface area contributed by atoms with E-state index in [1.54, 1.807) is 7.11 Å². The number of fused-ring (bicyclic) bond motifs is 1. The van der Waals surface area contributed by atoms with E-state index in [4.69, 9.17) is 37.9 Å². The van der Waals surface area contributed by atoms with E-state index in [0.717, 1.165) is 72.3 Å². The summed E-state index contributed by atoms with van der Waals surface area (Å²) in [6.07, 6.45) is 13.9. The highest BCUT2D eigenvalue weighted by Crippen LogP contribution is 2.49. The molecule has 3 aromatic rings. The molecular formula is C38H42Cl2N6O3. The molecule has 2 aliphatic heterocycles. The number of alkyl halides is 1. The first-order chi connectivity index (χ1) is 23.9. The SMILES string of the molecule is COc1nc(C2(c3cnc4c(c3)CCC[C@@H]4NC[C@H]3CCC(=O)N3)C=CC=C(c3ccccc3Cl)C2Cl)ccc1CNC[C@@H]1CCC(=O)N1. The van der Waals surface area contributed by atoms with E-state index >= 15 is 0 Å². The molecule has 9 nitrogen and oxygen atoms in total. The molecule has 7 rings (SSSR count). The van der Waals surface area contributed by atoms with E-state index in [9.17, 15) is 9.59 Å². The van der Waals surface area contributed by atoms with E-state index in [1.165, 1.54) is 5.56 Å². The minimum Gasteiger partial charge on any atom is -0.481 e. The van der Waals surface area contributed by atoms with E-state index in [-0.39, 0.29) is 29.9 Å². The van der Waals surface area contributed by atoms with Crippen LogP contribution in [0.1, 0.15) is 78.2 Å². The molecule has 2 amide bonds. The summed E-state index contributed by atoms with van der Waals surface area (Å²) in [4.78, 5) is 33.6. The van der Waals surface area contributed by atoms with Gasteiger partial charge in [0, 0.05) is 67.4 Å². The summed E-state index contributed by atoms with van der Waals surface area (Å²) in [6.45, 7) is 1.94. The number of hydrogen-bond donors (Lipinski definition) is 4. The van der Waals surface area contributed by atoms with Gasteiger partial charge in [-0.3, -0.25) is 14.6 Å². The predicted octanol–water partition coefficient (Wildman–Crippen LogP) is 5.30. The Balaban J connectivity index is 1.23. The molecule has 1 aromatic carbocycles. The van der Waals surface area contributed by atoms with Crippen molar-refractivity contribution >= 4 is 40.6 Å². The summed E-state index contributed by atoms with van der Waals surface area (Å²) in [7, 11) is 1.63. The van der Waals surface area contributed by atoms with Crippen molar-refractivity contribution in [3.63, 3.8) is 0 Å². The maximum Gasteiger partial charge on any atom is 0.220 e. The summed E-state index contributed by atoms with van der Waals surface area (Å²) >= 11 is 14.4. The zero-order valence-corrected chi connectivity index (χ0v) is 29.1.